The predicted molar refractivity (Wildman–Crippen MR) is 84.3 cm³/mol. The maximum Gasteiger partial charge on any atom is 0.212 e. The van der Waals surface area contributed by atoms with Gasteiger partial charge in [-0.3, -0.25) is 4.98 Å². The molecule has 0 unspecified atom stereocenters. The quantitative estimate of drug-likeness (QED) is 0.719. The number of hydrogen-bond donors (Lipinski definition) is 2. The van der Waals surface area contributed by atoms with E-state index in [-0.39, 0.29) is 0 Å². The third kappa shape index (κ3) is 2.72. The minimum absolute atomic E-state index is 0.614. The minimum atomic E-state index is 0.614. The SMILES string of the molecule is COc1ccc(CNc2ccc(N)c3cnccc23)cn1. The smallest absolute Gasteiger partial charge is 0.212 e. The summed E-state index contributed by atoms with van der Waals surface area (Å²) in [4.78, 5) is 8.31. The van der Waals surface area contributed by atoms with Gasteiger partial charge in [0.1, 0.15) is 0 Å². The fraction of sp³-hybridized carbons (Fsp3) is 0.125. The molecular weight excluding hydrogens is 264 g/mol. The van der Waals surface area contributed by atoms with E-state index in [1.165, 1.54) is 0 Å². The van der Waals surface area contributed by atoms with Gasteiger partial charge in [0, 0.05) is 53.3 Å². The Kier molecular flexibility index (Phi) is 3.55. The van der Waals surface area contributed by atoms with Crippen LogP contribution in [-0.2, 0) is 6.54 Å². The summed E-state index contributed by atoms with van der Waals surface area (Å²) in [5, 5.41) is 5.42. The minimum Gasteiger partial charge on any atom is -0.481 e. The third-order valence-electron chi connectivity index (χ3n) is 3.34. The highest BCUT2D eigenvalue weighted by molar-refractivity contribution is 6.00. The summed E-state index contributed by atoms with van der Waals surface area (Å²) in [7, 11) is 1.61. The molecule has 0 saturated carbocycles. The number of nitrogens with one attached hydrogen (secondary N) is 1. The van der Waals surface area contributed by atoms with E-state index in [2.05, 4.69) is 15.3 Å². The largest absolute Gasteiger partial charge is 0.481 e. The first kappa shape index (κ1) is 13.2. The third-order valence-corrected chi connectivity index (χ3v) is 3.34. The average molecular weight is 280 g/mol. The molecule has 0 aliphatic heterocycles. The van der Waals surface area contributed by atoms with Crippen molar-refractivity contribution < 1.29 is 4.74 Å². The molecule has 0 radical (unpaired) electrons. The van der Waals surface area contributed by atoms with E-state index in [1.807, 2.05) is 30.3 Å². The first-order valence-electron chi connectivity index (χ1n) is 6.63. The van der Waals surface area contributed by atoms with Crippen LogP contribution in [0.15, 0.2) is 48.9 Å². The van der Waals surface area contributed by atoms with Gasteiger partial charge in [0.25, 0.3) is 0 Å². The van der Waals surface area contributed by atoms with E-state index in [4.69, 9.17) is 10.5 Å². The van der Waals surface area contributed by atoms with Gasteiger partial charge in [0.05, 0.1) is 7.11 Å². The molecule has 0 saturated heterocycles. The number of methoxy groups -OCH3 is 1. The van der Waals surface area contributed by atoms with Gasteiger partial charge in [-0.25, -0.2) is 4.98 Å². The zero-order chi connectivity index (χ0) is 14.7. The van der Waals surface area contributed by atoms with Gasteiger partial charge >= 0.3 is 0 Å². The zero-order valence-corrected chi connectivity index (χ0v) is 11.7. The molecule has 0 fully saturated rings. The normalized spacial score (nSPS) is 10.5. The summed E-state index contributed by atoms with van der Waals surface area (Å²) in [5.74, 6) is 0.614. The second kappa shape index (κ2) is 5.66. The monoisotopic (exact) mass is 280 g/mol. The number of nitrogen functional groups attached to an aromatic ring is 1. The second-order valence-corrected chi connectivity index (χ2v) is 4.69. The Balaban J connectivity index is 1.83. The number of anilines is 2. The molecule has 5 nitrogen and oxygen atoms in total. The molecule has 1 aromatic carbocycles. The first-order chi connectivity index (χ1) is 10.3. The number of hydrogen-bond acceptors (Lipinski definition) is 5. The number of ether oxygens (including phenoxy) is 1. The molecule has 0 spiro atoms. The Hall–Kier alpha value is -2.82. The lowest BCUT2D eigenvalue weighted by atomic mass is 10.1. The maximum absolute atomic E-state index is 5.97. The molecule has 0 aliphatic carbocycles. The van der Waals surface area contributed by atoms with E-state index >= 15 is 0 Å². The van der Waals surface area contributed by atoms with Gasteiger partial charge in [-0.1, -0.05) is 6.07 Å². The van der Waals surface area contributed by atoms with Crippen molar-refractivity contribution in [1.29, 1.82) is 0 Å². The van der Waals surface area contributed by atoms with E-state index in [1.54, 1.807) is 25.7 Å². The predicted octanol–water partition coefficient (Wildman–Crippen LogP) is 2.83. The molecule has 2 aromatic heterocycles. The average Bonchev–Trinajstić information content (AvgIpc) is 2.55. The lowest BCUT2D eigenvalue weighted by Gasteiger charge is -2.11. The van der Waals surface area contributed by atoms with Crippen molar-refractivity contribution in [3.05, 3.63) is 54.5 Å². The Bertz CT molecular complexity index is 756. The van der Waals surface area contributed by atoms with Crippen LogP contribution in [0.25, 0.3) is 10.8 Å². The maximum atomic E-state index is 5.97. The molecule has 3 aromatic rings. The molecule has 0 amide bonds. The Labute approximate surface area is 122 Å². The lowest BCUT2D eigenvalue weighted by molar-refractivity contribution is 0.397. The Morgan fingerprint density at radius 3 is 2.76 bits per heavy atom. The van der Waals surface area contributed by atoms with Crippen molar-refractivity contribution in [1.82, 2.24) is 9.97 Å². The van der Waals surface area contributed by atoms with Gasteiger partial charge in [-0.05, 0) is 23.8 Å². The fourth-order valence-electron chi connectivity index (χ4n) is 2.20. The molecule has 5 heteroatoms. The Morgan fingerprint density at radius 2 is 2.00 bits per heavy atom. The summed E-state index contributed by atoms with van der Waals surface area (Å²) in [6.07, 6.45) is 5.35. The van der Waals surface area contributed by atoms with E-state index in [9.17, 15) is 0 Å². The van der Waals surface area contributed by atoms with Crippen molar-refractivity contribution >= 4 is 22.1 Å². The molecule has 2 heterocycles. The molecule has 0 atom stereocenters. The second-order valence-electron chi connectivity index (χ2n) is 4.69. The number of aromatic nitrogens is 2. The molecule has 21 heavy (non-hydrogen) atoms. The van der Waals surface area contributed by atoms with Gasteiger partial charge < -0.3 is 15.8 Å². The van der Waals surface area contributed by atoms with Crippen LogP contribution in [0.1, 0.15) is 5.56 Å². The highest BCUT2D eigenvalue weighted by Gasteiger charge is 2.04. The van der Waals surface area contributed by atoms with Gasteiger partial charge in [0.15, 0.2) is 0 Å². The standard InChI is InChI=1S/C16H16N4O/c1-21-16-5-2-11(9-20-16)8-19-15-4-3-14(17)13-10-18-7-6-12(13)15/h2-7,9-10,19H,8,17H2,1H3. The number of fused-ring (bicyclic) bond motifs is 1. The number of nitrogens with two attached hydrogens (primary N) is 1. The number of benzene rings is 1. The first-order valence-corrected chi connectivity index (χ1v) is 6.63. The van der Waals surface area contributed by atoms with Crippen LogP contribution in [0.3, 0.4) is 0 Å². The zero-order valence-electron chi connectivity index (χ0n) is 11.7. The van der Waals surface area contributed by atoms with Crippen LogP contribution in [0, 0.1) is 0 Å². The number of pyridine rings is 2. The van der Waals surface area contributed by atoms with Crippen LogP contribution in [0.5, 0.6) is 5.88 Å². The molecular formula is C16H16N4O. The van der Waals surface area contributed by atoms with Gasteiger partial charge in [0.2, 0.25) is 5.88 Å². The molecule has 0 bridgehead atoms. The fourth-order valence-corrected chi connectivity index (χ4v) is 2.20. The molecule has 0 aliphatic rings. The van der Waals surface area contributed by atoms with E-state index in [0.29, 0.717) is 12.4 Å². The van der Waals surface area contributed by atoms with Crippen LogP contribution < -0.4 is 15.8 Å². The van der Waals surface area contributed by atoms with Crippen molar-refractivity contribution in [3.8, 4) is 5.88 Å². The Morgan fingerprint density at radius 1 is 1.10 bits per heavy atom. The van der Waals surface area contributed by atoms with Crippen LogP contribution in [-0.4, -0.2) is 17.1 Å². The van der Waals surface area contributed by atoms with Crippen LogP contribution in [0.4, 0.5) is 11.4 Å². The molecule has 106 valence electrons. The van der Waals surface area contributed by atoms with Gasteiger partial charge in [-0.2, -0.15) is 0 Å². The van der Waals surface area contributed by atoms with Crippen LogP contribution in [0.2, 0.25) is 0 Å². The van der Waals surface area contributed by atoms with Crippen molar-refractivity contribution in [2.75, 3.05) is 18.2 Å². The summed E-state index contributed by atoms with van der Waals surface area (Å²) >= 11 is 0. The van der Waals surface area contributed by atoms with Gasteiger partial charge in [-0.15, -0.1) is 0 Å². The number of rotatable bonds is 4. The molecule has 3 rings (SSSR count). The van der Waals surface area contributed by atoms with E-state index < -0.39 is 0 Å². The van der Waals surface area contributed by atoms with Crippen molar-refractivity contribution in [3.63, 3.8) is 0 Å². The van der Waals surface area contributed by atoms with E-state index in [0.717, 1.165) is 27.7 Å². The topological polar surface area (TPSA) is 73.1 Å². The number of nitrogens with zero attached hydrogens (tertiary/aromatic N) is 2. The molecule has 3 N–H and O–H groups in total. The summed E-state index contributed by atoms with van der Waals surface area (Å²) in [6, 6.07) is 9.66. The summed E-state index contributed by atoms with van der Waals surface area (Å²) in [6.45, 7) is 0.679. The van der Waals surface area contributed by atoms with Crippen LogP contribution >= 0.6 is 0 Å². The summed E-state index contributed by atoms with van der Waals surface area (Å²) < 4.78 is 5.05. The van der Waals surface area contributed by atoms with Crippen molar-refractivity contribution in [2.24, 2.45) is 0 Å². The van der Waals surface area contributed by atoms with Crippen molar-refractivity contribution in [2.45, 2.75) is 6.54 Å². The summed E-state index contributed by atoms with van der Waals surface area (Å²) in [5.41, 5.74) is 8.81. The highest BCUT2D eigenvalue weighted by atomic mass is 16.5. The lowest BCUT2D eigenvalue weighted by Crippen LogP contribution is -2.01. The highest BCUT2D eigenvalue weighted by Crippen LogP contribution is 2.27.